The van der Waals surface area contributed by atoms with Crippen LogP contribution in [0.3, 0.4) is 0 Å². The molecule has 3 aromatic rings. The van der Waals surface area contributed by atoms with E-state index in [1.54, 1.807) is 61.5 Å². The van der Waals surface area contributed by atoms with Gasteiger partial charge in [0.25, 0.3) is 5.78 Å². The van der Waals surface area contributed by atoms with Gasteiger partial charge in [-0.3, -0.25) is 14.5 Å². The highest BCUT2D eigenvalue weighted by Crippen LogP contribution is 2.43. The Bertz CT molecular complexity index is 1260. The summed E-state index contributed by atoms with van der Waals surface area (Å²) in [5.41, 5.74) is 1.38. The molecule has 1 N–H and O–H groups in total. The summed E-state index contributed by atoms with van der Waals surface area (Å²) in [6, 6.07) is 16.6. The molecule has 0 spiro atoms. The summed E-state index contributed by atoms with van der Waals surface area (Å²) in [5.74, 6) is -2.52. The second kappa shape index (κ2) is 9.22. The van der Waals surface area contributed by atoms with Gasteiger partial charge < -0.3 is 9.84 Å². The van der Waals surface area contributed by atoms with Gasteiger partial charge in [0.15, 0.2) is 5.13 Å². The number of carbonyl (C=O) groups is 3. The monoisotopic (exact) mass is 460 g/mol. The zero-order valence-corrected chi connectivity index (χ0v) is 18.5. The molecule has 1 saturated heterocycles. The first kappa shape index (κ1) is 22.2. The highest BCUT2D eigenvalue weighted by atomic mass is 32.1. The van der Waals surface area contributed by atoms with Gasteiger partial charge in [-0.15, -0.1) is 0 Å². The topological polar surface area (TPSA) is 96.8 Å². The molecule has 1 aliphatic heterocycles. The van der Waals surface area contributed by atoms with E-state index >= 15 is 0 Å². The summed E-state index contributed by atoms with van der Waals surface area (Å²) in [4.78, 5) is 44.5. The van der Waals surface area contributed by atoms with Gasteiger partial charge in [0.2, 0.25) is 0 Å². The number of ether oxygens (including phenoxy) is 1. The Morgan fingerprint density at radius 1 is 1.15 bits per heavy atom. The van der Waals surface area contributed by atoms with Gasteiger partial charge in [0.1, 0.15) is 17.2 Å². The fraction of sp³-hybridized carbons (Fsp3) is 0.120. The number of aliphatic hydroxyl groups excluding tert-OH is 1. The maximum Gasteiger partial charge on any atom is 0.350 e. The van der Waals surface area contributed by atoms with E-state index in [-0.39, 0.29) is 27.9 Å². The van der Waals surface area contributed by atoms with E-state index in [2.05, 4.69) is 11.6 Å². The van der Waals surface area contributed by atoms with Crippen LogP contribution in [0.4, 0.5) is 5.13 Å². The number of rotatable bonds is 6. The van der Waals surface area contributed by atoms with Gasteiger partial charge in [-0.2, -0.15) is 0 Å². The first-order chi connectivity index (χ1) is 15.9. The molecule has 1 amide bonds. The summed E-state index contributed by atoms with van der Waals surface area (Å²) in [5, 5.41) is 11.2. The fourth-order valence-electron chi connectivity index (χ4n) is 3.61. The third-order valence-electron chi connectivity index (χ3n) is 5.12. The van der Waals surface area contributed by atoms with Crippen molar-refractivity contribution in [3.63, 3.8) is 0 Å². The van der Waals surface area contributed by atoms with Crippen LogP contribution in [-0.2, 0) is 14.3 Å². The number of anilines is 1. The second-order valence-corrected chi connectivity index (χ2v) is 8.22. The normalized spacial score (nSPS) is 17.2. The summed E-state index contributed by atoms with van der Waals surface area (Å²) in [6.45, 7) is 5.19. The van der Waals surface area contributed by atoms with E-state index in [0.29, 0.717) is 16.8 Å². The lowest BCUT2D eigenvalue weighted by molar-refractivity contribution is -0.132. The molecular formula is C25H20N2O5S. The largest absolute Gasteiger partial charge is 0.507 e. The molecule has 33 heavy (non-hydrogen) atoms. The number of aromatic nitrogens is 1. The molecule has 1 atom stereocenters. The number of esters is 1. The number of hydrogen-bond donors (Lipinski definition) is 1. The minimum Gasteiger partial charge on any atom is -0.507 e. The molecule has 4 rings (SSSR count). The minimum atomic E-state index is -0.908. The molecule has 0 saturated carbocycles. The number of Topliss-reactive ketones (excluding diaryl/α,β-unsaturated/α-hetero) is 1. The van der Waals surface area contributed by atoms with Crippen molar-refractivity contribution in [1.29, 1.82) is 0 Å². The van der Waals surface area contributed by atoms with Gasteiger partial charge in [0.05, 0.1) is 17.3 Å². The van der Waals surface area contributed by atoms with Crippen LogP contribution in [-0.4, -0.2) is 34.4 Å². The predicted octanol–water partition coefficient (Wildman–Crippen LogP) is 4.42. The third-order valence-corrected chi connectivity index (χ3v) is 6.25. The molecule has 1 aromatic heterocycles. The molecule has 8 heteroatoms. The van der Waals surface area contributed by atoms with E-state index in [0.717, 1.165) is 11.3 Å². The van der Waals surface area contributed by atoms with Crippen molar-refractivity contribution < 1.29 is 24.2 Å². The summed E-state index contributed by atoms with van der Waals surface area (Å²) < 4.78 is 5.10. The summed E-state index contributed by atoms with van der Waals surface area (Å²) in [7, 11) is 0. The summed E-state index contributed by atoms with van der Waals surface area (Å²) >= 11 is 0.958. The lowest BCUT2D eigenvalue weighted by Crippen LogP contribution is -2.29. The van der Waals surface area contributed by atoms with E-state index < -0.39 is 23.7 Å². The minimum absolute atomic E-state index is 0.0388. The average molecular weight is 461 g/mol. The van der Waals surface area contributed by atoms with Gasteiger partial charge in [-0.25, -0.2) is 9.78 Å². The molecule has 2 aromatic carbocycles. The zero-order chi connectivity index (χ0) is 23.5. The van der Waals surface area contributed by atoms with Crippen molar-refractivity contribution in [3.8, 4) is 0 Å². The van der Waals surface area contributed by atoms with Crippen molar-refractivity contribution >= 4 is 39.9 Å². The number of ketones is 1. The molecule has 2 heterocycles. The van der Waals surface area contributed by atoms with E-state index in [9.17, 15) is 19.5 Å². The SMILES string of the molecule is C=CCOC(=O)c1sc(N2C(=O)C(=O)C(=C(O)c3ccccc3)[C@H]2c2ccccc2)nc1C. The molecule has 0 unspecified atom stereocenters. The molecule has 166 valence electrons. The molecule has 7 nitrogen and oxygen atoms in total. The van der Waals surface area contributed by atoms with Crippen LogP contribution in [0, 0.1) is 6.92 Å². The van der Waals surface area contributed by atoms with Gasteiger partial charge in [-0.05, 0) is 12.5 Å². The highest BCUT2D eigenvalue weighted by Gasteiger charge is 2.48. The Morgan fingerprint density at radius 3 is 2.42 bits per heavy atom. The van der Waals surface area contributed by atoms with Crippen LogP contribution in [0.5, 0.6) is 0 Å². The standard InChI is InChI=1S/C25H20N2O5S/c1-3-14-32-24(31)22-15(2)26-25(33-22)27-19(16-10-6-4-7-11-16)18(21(29)23(27)30)20(28)17-12-8-5-9-13-17/h3-13,19,28H,1,14H2,2H3/t19-/m1/s1. The van der Waals surface area contributed by atoms with Crippen molar-refractivity contribution in [1.82, 2.24) is 4.98 Å². The highest BCUT2D eigenvalue weighted by molar-refractivity contribution is 7.17. The third kappa shape index (κ3) is 4.08. The number of nitrogens with zero attached hydrogens (tertiary/aromatic N) is 2. The number of carbonyl (C=O) groups excluding carboxylic acids is 3. The van der Waals surface area contributed by atoms with Crippen LogP contribution >= 0.6 is 11.3 Å². The van der Waals surface area contributed by atoms with Gasteiger partial charge >= 0.3 is 11.9 Å². The van der Waals surface area contributed by atoms with Crippen molar-refractivity contribution in [2.24, 2.45) is 0 Å². The molecule has 1 aliphatic rings. The number of aryl methyl sites for hydroxylation is 1. The number of amides is 1. The molecule has 0 radical (unpaired) electrons. The lowest BCUT2D eigenvalue weighted by atomic mass is 9.95. The number of hydrogen-bond acceptors (Lipinski definition) is 7. The smallest absolute Gasteiger partial charge is 0.350 e. The lowest BCUT2D eigenvalue weighted by Gasteiger charge is -2.22. The Morgan fingerprint density at radius 2 is 1.79 bits per heavy atom. The van der Waals surface area contributed by atoms with Crippen LogP contribution in [0.25, 0.3) is 5.76 Å². The van der Waals surface area contributed by atoms with E-state index in [1.807, 2.05) is 6.07 Å². The number of aliphatic hydroxyl groups is 1. The first-order valence-corrected chi connectivity index (χ1v) is 10.9. The maximum atomic E-state index is 13.2. The maximum absolute atomic E-state index is 13.2. The Kier molecular flexibility index (Phi) is 6.19. The fourth-order valence-corrected chi connectivity index (χ4v) is 4.59. The van der Waals surface area contributed by atoms with Gasteiger partial charge in [-0.1, -0.05) is 84.7 Å². The molecule has 0 bridgehead atoms. The second-order valence-electron chi connectivity index (χ2n) is 7.24. The van der Waals surface area contributed by atoms with Gasteiger partial charge in [0, 0.05) is 5.56 Å². The van der Waals surface area contributed by atoms with Crippen LogP contribution in [0.2, 0.25) is 0 Å². The Labute approximate surface area is 194 Å². The molecule has 1 fully saturated rings. The number of thiazole rings is 1. The van der Waals surface area contributed by atoms with Crippen molar-refractivity contribution in [3.05, 3.63) is 101 Å². The number of benzene rings is 2. The van der Waals surface area contributed by atoms with Crippen LogP contribution < -0.4 is 4.90 Å². The van der Waals surface area contributed by atoms with Crippen molar-refractivity contribution in [2.75, 3.05) is 11.5 Å². The Hall–Kier alpha value is -4.04. The Balaban J connectivity index is 1.86. The molecule has 0 aliphatic carbocycles. The van der Waals surface area contributed by atoms with E-state index in [1.165, 1.54) is 11.0 Å². The first-order valence-electron chi connectivity index (χ1n) is 10.1. The summed E-state index contributed by atoms with van der Waals surface area (Å²) in [6.07, 6.45) is 1.45. The average Bonchev–Trinajstić information content (AvgIpc) is 3.35. The predicted molar refractivity (Wildman–Crippen MR) is 125 cm³/mol. The quantitative estimate of drug-likeness (QED) is 0.192. The molecular weight excluding hydrogens is 440 g/mol. The van der Waals surface area contributed by atoms with Crippen LogP contribution in [0.1, 0.15) is 32.5 Å². The van der Waals surface area contributed by atoms with Crippen LogP contribution in [0.15, 0.2) is 78.9 Å². The van der Waals surface area contributed by atoms with Crippen molar-refractivity contribution in [2.45, 2.75) is 13.0 Å². The van der Waals surface area contributed by atoms with E-state index in [4.69, 9.17) is 4.74 Å². The zero-order valence-electron chi connectivity index (χ0n) is 17.7.